The Morgan fingerprint density at radius 3 is 2.32 bits per heavy atom. The van der Waals surface area contributed by atoms with Crippen LogP contribution in [-0.2, 0) is 4.79 Å². The number of likely N-dealkylation sites (tertiary alicyclic amines) is 2. The van der Waals surface area contributed by atoms with Gasteiger partial charge in [-0.3, -0.25) is 4.79 Å². The number of nitrogens with one attached hydrogen (secondary N) is 1. The monoisotopic (exact) mass is 267 g/mol. The first-order valence-corrected chi connectivity index (χ1v) is 7.93. The van der Waals surface area contributed by atoms with Crippen molar-refractivity contribution in [1.82, 2.24) is 15.1 Å². The van der Waals surface area contributed by atoms with Crippen LogP contribution in [0, 0.1) is 5.92 Å². The molecule has 0 radical (unpaired) electrons. The summed E-state index contributed by atoms with van der Waals surface area (Å²) in [6.45, 7) is 9.80. The maximum atomic E-state index is 10.8. The van der Waals surface area contributed by atoms with Gasteiger partial charge in [0.05, 0.1) is 0 Å². The number of nitrogens with zero attached hydrogens (tertiary/aromatic N) is 2. The van der Waals surface area contributed by atoms with Crippen LogP contribution in [-0.4, -0.2) is 61.5 Å². The lowest BCUT2D eigenvalue weighted by molar-refractivity contribution is -0.119. The van der Waals surface area contributed by atoms with Gasteiger partial charge in [-0.05, 0) is 70.7 Å². The van der Waals surface area contributed by atoms with Gasteiger partial charge in [0.1, 0.15) is 0 Å². The van der Waals surface area contributed by atoms with E-state index in [-0.39, 0.29) is 5.91 Å². The van der Waals surface area contributed by atoms with Crippen molar-refractivity contribution in [2.24, 2.45) is 5.92 Å². The van der Waals surface area contributed by atoms with E-state index in [2.05, 4.69) is 15.1 Å². The predicted octanol–water partition coefficient (Wildman–Crippen LogP) is 1.32. The first-order valence-electron chi connectivity index (χ1n) is 7.93. The van der Waals surface area contributed by atoms with Crippen LogP contribution >= 0.6 is 0 Å². The first-order chi connectivity index (χ1) is 9.24. The number of piperidine rings is 1. The highest BCUT2D eigenvalue weighted by molar-refractivity contribution is 5.72. The Kier molecular flexibility index (Phi) is 6.11. The van der Waals surface area contributed by atoms with E-state index in [1.165, 1.54) is 64.8 Å². The van der Waals surface area contributed by atoms with E-state index >= 15 is 0 Å². The quantitative estimate of drug-likeness (QED) is 0.788. The minimum absolute atomic E-state index is 0.0838. The summed E-state index contributed by atoms with van der Waals surface area (Å²) in [6, 6.07) is 0. The molecule has 1 amide bonds. The van der Waals surface area contributed by atoms with Crippen molar-refractivity contribution >= 4 is 5.91 Å². The molecule has 0 atom stereocenters. The zero-order valence-corrected chi connectivity index (χ0v) is 12.4. The number of amides is 1. The molecule has 0 saturated carbocycles. The predicted molar refractivity (Wildman–Crippen MR) is 78.1 cm³/mol. The van der Waals surface area contributed by atoms with E-state index in [1.807, 2.05) is 0 Å². The minimum atomic E-state index is 0.0838. The fourth-order valence-electron chi connectivity index (χ4n) is 3.26. The number of hydrogen-bond donors (Lipinski definition) is 1. The molecule has 110 valence electrons. The van der Waals surface area contributed by atoms with Gasteiger partial charge in [0.25, 0.3) is 0 Å². The van der Waals surface area contributed by atoms with Gasteiger partial charge in [0, 0.05) is 20.0 Å². The summed E-state index contributed by atoms with van der Waals surface area (Å²) in [4.78, 5) is 15.9. The third-order valence-electron chi connectivity index (χ3n) is 4.56. The van der Waals surface area contributed by atoms with Crippen LogP contribution in [0.15, 0.2) is 0 Å². The molecule has 2 rings (SSSR count). The summed E-state index contributed by atoms with van der Waals surface area (Å²) < 4.78 is 0. The van der Waals surface area contributed by atoms with Crippen LogP contribution in [0.1, 0.15) is 39.0 Å². The molecule has 2 saturated heterocycles. The number of carbonyl (C=O) groups excluding carboxylic acids is 1. The van der Waals surface area contributed by atoms with Gasteiger partial charge in [-0.15, -0.1) is 0 Å². The highest BCUT2D eigenvalue weighted by atomic mass is 16.1. The van der Waals surface area contributed by atoms with Gasteiger partial charge >= 0.3 is 0 Å². The normalized spacial score (nSPS) is 22.8. The van der Waals surface area contributed by atoms with Crippen LogP contribution in [0.2, 0.25) is 0 Å². The highest BCUT2D eigenvalue weighted by Crippen LogP contribution is 2.21. The Morgan fingerprint density at radius 2 is 1.68 bits per heavy atom. The third kappa shape index (κ3) is 5.49. The molecule has 2 aliphatic heterocycles. The zero-order chi connectivity index (χ0) is 13.5. The molecular formula is C15H29N3O. The van der Waals surface area contributed by atoms with Crippen LogP contribution in [0.25, 0.3) is 0 Å². The molecule has 0 bridgehead atoms. The van der Waals surface area contributed by atoms with Gasteiger partial charge < -0.3 is 15.1 Å². The molecular weight excluding hydrogens is 238 g/mol. The van der Waals surface area contributed by atoms with Crippen LogP contribution in [0.3, 0.4) is 0 Å². The Balaban J connectivity index is 1.53. The van der Waals surface area contributed by atoms with Crippen molar-refractivity contribution in [3.8, 4) is 0 Å². The topological polar surface area (TPSA) is 35.6 Å². The van der Waals surface area contributed by atoms with E-state index in [4.69, 9.17) is 0 Å². The van der Waals surface area contributed by atoms with Crippen molar-refractivity contribution in [2.45, 2.75) is 39.0 Å². The lowest BCUT2D eigenvalue weighted by Crippen LogP contribution is -2.39. The second kappa shape index (κ2) is 7.85. The van der Waals surface area contributed by atoms with Crippen LogP contribution in [0.5, 0.6) is 0 Å². The summed E-state index contributed by atoms with van der Waals surface area (Å²) in [7, 11) is 0. The third-order valence-corrected chi connectivity index (χ3v) is 4.56. The van der Waals surface area contributed by atoms with Gasteiger partial charge in [-0.25, -0.2) is 0 Å². The van der Waals surface area contributed by atoms with Gasteiger partial charge in [0.2, 0.25) is 5.91 Å². The fourth-order valence-corrected chi connectivity index (χ4v) is 3.26. The van der Waals surface area contributed by atoms with Crippen molar-refractivity contribution in [3.05, 3.63) is 0 Å². The molecule has 0 unspecified atom stereocenters. The molecule has 0 aliphatic carbocycles. The van der Waals surface area contributed by atoms with Crippen molar-refractivity contribution in [1.29, 1.82) is 0 Å². The molecule has 2 fully saturated rings. The Labute approximate surface area is 117 Å². The standard InChI is InChI=1S/C15H29N3O/c1-14(19)16-7-13-18-11-5-15(6-12-18)4-10-17-8-2-3-9-17/h15H,2-13H2,1H3,(H,16,19). The average Bonchev–Trinajstić information content (AvgIpc) is 2.90. The average molecular weight is 267 g/mol. The van der Waals surface area contributed by atoms with E-state index in [1.54, 1.807) is 6.92 Å². The lowest BCUT2D eigenvalue weighted by atomic mass is 9.93. The maximum Gasteiger partial charge on any atom is 0.216 e. The second-order valence-corrected chi connectivity index (χ2v) is 6.11. The fraction of sp³-hybridized carbons (Fsp3) is 0.933. The van der Waals surface area contributed by atoms with Crippen molar-refractivity contribution in [3.63, 3.8) is 0 Å². The molecule has 0 aromatic rings. The smallest absolute Gasteiger partial charge is 0.216 e. The van der Waals surface area contributed by atoms with Gasteiger partial charge in [-0.1, -0.05) is 0 Å². The first kappa shape index (κ1) is 14.8. The lowest BCUT2D eigenvalue weighted by Gasteiger charge is -2.32. The van der Waals surface area contributed by atoms with E-state index in [0.717, 1.165) is 19.0 Å². The van der Waals surface area contributed by atoms with Crippen molar-refractivity contribution in [2.75, 3.05) is 45.8 Å². The summed E-state index contributed by atoms with van der Waals surface area (Å²) in [5.74, 6) is 1.01. The Morgan fingerprint density at radius 1 is 1.05 bits per heavy atom. The second-order valence-electron chi connectivity index (χ2n) is 6.11. The molecule has 4 nitrogen and oxygen atoms in total. The molecule has 2 heterocycles. The van der Waals surface area contributed by atoms with E-state index < -0.39 is 0 Å². The van der Waals surface area contributed by atoms with Crippen molar-refractivity contribution < 1.29 is 4.79 Å². The van der Waals surface area contributed by atoms with E-state index in [0.29, 0.717) is 0 Å². The maximum absolute atomic E-state index is 10.8. The molecule has 0 aromatic heterocycles. The summed E-state index contributed by atoms with van der Waals surface area (Å²) >= 11 is 0. The largest absolute Gasteiger partial charge is 0.355 e. The number of hydrogen-bond acceptors (Lipinski definition) is 3. The Bertz CT molecular complexity index is 269. The Hall–Kier alpha value is -0.610. The highest BCUT2D eigenvalue weighted by Gasteiger charge is 2.20. The van der Waals surface area contributed by atoms with Gasteiger partial charge in [-0.2, -0.15) is 0 Å². The minimum Gasteiger partial charge on any atom is -0.355 e. The number of carbonyl (C=O) groups is 1. The molecule has 2 aliphatic rings. The molecule has 19 heavy (non-hydrogen) atoms. The summed E-state index contributed by atoms with van der Waals surface area (Å²) in [5.41, 5.74) is 0. The van der Waals surface area contributed by atoms with Gasteiger partial charge in [0.15, 0.2) is 0 Å². The molecule has 0 spiro atoms. The summed E-state index contributed by atoms with van der Waals surface area (Å²) in [5, 5.41) is 2.88. The molecule has 4 heteroatoms. The SMILES string of the molecule is CC(=O)NCCN1CCC(CCN2CCCC2)CC1. The number of rotatable bonds is 6. The summed E-state index contributed by atoms with van der Waals surface area (Å²) in [6.07, 6.45) is 6.88. The van der Waals surface area contributed by atoms with Crippen LogP contribution < -0.4 is 5.32 Å². The van der Waals surface area contributed by atoms with Crippen LogP contribution in [0.4, 0.5) is 0 Å². The zero-order valence-electron chi connectivity index (χ0n) is 12.4. The molecule has 0 aromatic carbocycles. The van der Waals surface area contributed by atoms with E-state index in [9.17, 15) is 4.79 Å². The molecule has 1 N–H and O–H groups in total.